The minimum atomic E-state index is -0.590. The van der Waals surface area contributed by atoms with Crippen molar-refractivity contribution in [1.82, 2.24) is 9.88 Å². The fourth-order valence-electron chi connectivity index (χ4n) is 4.60. The van der Waals surface area contributed by atoms with Crippen molar-refractivity contribution < 1.29 is 13.9 Å². The first kappa shape index (κ1) is 23.5. The molecule has 0 spiro atoms. The van der Waals surface area contributed by atoms with Gasteiger partial charge in [0.15, 0.2) is 0 Å². The van der Waals surface area contributed by atoms with Gasteiger partial charge in [0.05, 0.1) is 11.3 Å². The van der Waals surface area contributed by atoms with E-state index < -0.39 is 5.60 Å². The van der Waals surface area contributed by atoms with Crippen molar-refractivity contribution in [3.05, 3.63) is 93.4 Å². The summed E-state index contributed by atoms with van der Waals surface area (Å²) in [6.45, 7) is 8.98. The van der Waals surface area contributed by atoms with E-state index in [9.17, 15) is 9.18 Å². The van der Waals surface area contributed by atoms with Crippen LogP contribution in [0.25, 0.3) is 11.1 Å². The van der Waals surface area contributed by atoms with Crippen LogP contribution in [0.15, 0.2) is 65.9 Å². The molecule has 5 rings (SSSR count). The Hall–Kier alpha value is -3.29. The molecule has 1 N–H and O–H groups in total. The van der Waals surface area contributed by atoms with E-state index in [1.165, 1.54) is 17.0 Å². The Kier molecular flexibility index (Phi) is 6.30. The minimum absolute atomic E-state index is 0.272. The Morgan fingerprint density at radius 3 is 2.83 bits per heavy atom. The largest absolute Gasteiger partial charge is 0.482 e. The second-order valence-corrected chi connectivity index (χ2v) is 10.3. The third-order valence-electron chi connectivity index (χ3n) is 6.46. The van der Waals surface area contributed by atoms with E-state index in [1.54, 1.807) is 17.4 Å². The lowest BCUT2D eigenvalue weighted by atomic mass is 9.94. The van der Waals surface area contributed by atoms with Gasteiger partial charge in [0.1, 0.15) is 17.2 Å². The number of halogens is 1. The number of fused-ring (bicyclic) bond motifs is 1. The van der Waals surface area contributed by atoms with E-state index in [0.717, 1.165) is 42.9 Å². The van der Waals surface area contributed by atoms with E-state index in [4.69, 9.17) is 4.74 Å². The van der Waals surface area contributed by atoms with Crippen LogP contribution in [0.3, 0.4) is 0 Å². The number of aromatic nitrogens is 1. The Morgan fingerprint density at radius 2 is 2.06 bits per heavy atom. The molecule has 1 amide bonds. The summed E-state index contributed by atoms with van der Waals surface area (Å²) in [5.41, 5.74) is 4.24. The number of nitrogens with zero attached hydrogens (tertiary/aromatic N) is 2. The number of carbonyl (C=O) groups is 1. The van der Waals surface area contributed by atoms with Gasteiger partial charge in [-0.1, -0.05) is 13.0 Å². The van der Waals surface area contributed by atoms with E-state index >= 15 is 0 Å². The number of hydrogen-bond donors (Lipinski definition) is 1. The second kappa shape index (κ2) is 9.40. The van der Waals surface area contributed by atoms with Gasteiger partial charge in [-0.3, -0.25) is 14.7 Å². The number of carbonyl (C=O) groups excluding carboxylic acids is 1. The smallest absolute Gasteiger partial charge is 0.260 e. The Labute approximate surface area is 209 Å². The van der Waals surface area contributed by atoms with Gasteiger partial charge >= 0.3 is 0 Å². The topological polar surface area (TPSA) is 54.5 Å². The minimum Gasteiger partial charge on any atom is -0.482 e. The highest BCUT2D eigenvalue weighted by molar-refractivity contribution is 7.10. The molecule has 0 aliphatic carbocycles. The molecule has 0 fully saturated rings. The zero-order valence-electron chi connectivity index (χ0n) is 20.1. The van der Waals surface area contributed by atoms with Gasteiger partial charge in [-0.2, -0.15) is 0 Å². The van der Waals surface area contributed by atoms with Crippen LogP contribution in [-0.4, -0.2) is 34.5 Å². The van der Waals surface area contributed by atoms with E-state index in [2.05, 4.69) is 39.6 Å². The number of thiophene rings is 1. The Balaban J connectivity index is 1.37. The van der Waals surface area contributed by atoms with Crippen LogP contribution in [0, 0.1) is 5.82 Å². The summed E-state index contributed by atoms with van der Waals surface area (Å²) < 4.78 is 19.9. The fourth-order valence-corrected chi connectivity index (χ4v) is 5.53. The molecule has 180 valence electrons. The molecule has 0 bridgehead atoms. The second-order valence-electron chi connectivity index (χ2n) is 9.30. The number of amides is 1. The number of allylic oxidation sites excluding steroid dienone is 1. The van der Waals surface area contributed by atoms with Crippen molar-refractivity contribution in [1.29, 1.82) is 0 Å². The molecule has 2 aliphatic rings. The molecule has 0 atom stereocenters. The Morgan fingerprint density at radius 1 is 1.20 bits per heavy atom. The van der Waals surface area contributed by atoms with Crippen molar-refractivity contribution in [2.45, 2.75) is 39.3 Å². The zero-order valence-corrected chi connectivity index (χ0v) is 20.9. The highest BCUT2D eigenvalue weighted by Crippen LogP contribution is 2.45. The van der Waals surface area contributed by atoms with Gasteiger partial charge in [-0.05, 0) is 73.8 Å². The van der Waals surface area contributed by atoms with E-state index in [1.807, 2.05) is 38.3 Å². The number of rotatable bonds is 7. The molecule has 7 heteroatoms. The van der Waals surface area contributed by atoms with Gasteiger partial charge in [0, 0.05) is 47.4 Å². The molecule has 2 aromatic heterocycles. The lowest BCUT2D eigenvalue weighted by Crippen LogP contribution is -2.25. The molecular formula is C28H28FN3O2S. The lowest BCUT2D eigenvalue weighted by molar-refractivity contribution is -0.111. The number of pyridine rings is 1. The average molecular weight is 490 g/mol. The predicted octanol–water partition coefficient (Wildman–Crippen LogP) is 5.90. The van der Waals surface area contributed by atoms with Crippen molar-refractivity contribution in [2.24, 2.45) is 0 Å². The van der Waals surface area contributed by atoms with Crippen LogP contribution in [0.2, 0.25) is 0 Å². The SMILES string of the molecule is CCN(CCc1ccccn1)Cc1cc(C2=C/C(=C3\C(=O)Nc4cc(F)ccc43)OC2(C)C)cs1. The molecule has 4 heterocycles. The summed E-state index contributed by atoms with van der Waals surface area (Å²) in [6.07, 6.45) is 4.72. The maximum atomic E-state index is 13.6. The van der Waals surface area contributed by atoms with Gasteiger partial charge in [0.25, 0.3) is 5.91 Å². The van der Waals surface area contributed by atoms with Crippen LogP contribution in [0.5, 0.6) is 0 Å². The normalized spacial score (nSPS) is 18.4. The number of benzene rings is 1. The number of anilines is 1. The molecule has 35 heavy (non-hydrogen) atoms. The molecule has 0 saturated heterocycles. The maximum Gasteiger partial charge on any atom is 0.260 e. The van der Waals surface area contributed by atoms with Crippen molar-refractivity contribution in [2.75, 3.05) is 18.4 Å². The summed E-state index contributed by atoms with van der Waals surface area (Å²) in [6, 6.07) is 12.6. The first-order chi connectivity index (χ1) is 16.8. The predicted molar refractivity (Wildman–Crippen MR) is 138 cm³/mol. The maximum absolute atomic E-state index is 13.6. The highest BCUT2D eigenvalue weighted by atomic mass is 32.1. The summed E-state index contributed by atoms with van der Waals surface area (Å²) in [5.74, 6) is -0.135. The third kappa shape index (κ3) is 4.79. The number of hydrogen-bond acceptors (Lipinski definition) is 5. The third-order valence-corrected chi connectivity index (χ3v) is 7.39. The fraction of sp³-hybridized carbons (Fsp3) is 0.286. The van der Waals surface area contributed by atoms with Crippen LogP contribution in [-0.2, 0) is 22.5 Å². The highest BCUT2D eigenvalue weighted by Gasteiger charge is 2.38. The molecule has 5 nitrogen and oxygen atoms in total. The number of likely N-dealkylation sites (N-methyl/N-ethyl adjacent to an activating group) is 1. The molecule has 0 radical (unpaired) electrons. The monoisotopic (exact) mass is 489 g/mol. The van der Waals surface area contributed by atoms with Gasteiger partial charge in [-0.25, -0.2) is 4.39 Å². The summed E-state index contributed by atoms with van der Waals surface area (Å²) in [5, 5.41) is 4.91. The number of ether oxygens (including phenoxy) is 1. The summed E-state index contributed by atoms with van der Waals surface area (Å²) in [4.78, 5) is 20.8. The van der Waals surface area contributed by atoms with E-state index in [-0.39, 0.29) is 11.7 Å². The summed E-state index contributed by atoms with van der Waals surface area (Å²) in [7, 11) is 0. The standard InChI is InChI=1S/C28H28FN3O2S/c1-4-32(12-10-20-7-5-6-11-30-20)16-21-13-18(17-35-21)23-15-25(34-28(23,2)3)26-22-9-8-19(29)14-24(22)31-27(26)33/h5-9,11,13-15,17H,4,10,12,16H2,1-3H3,(H,31,33)/b26-25+. The van der Waals surface area contributed by atoms with Crippen LogP contribution in [0.4, 0.5) is 10.1 Å². The number of nitrogens with one attached hydrogen (secondary N) is 1. The summed E-state index contributed by atoms with van der Waals surface area (Å²) >= 11 is 1.74. The lowest BCUT2D eigenvalue weighted by Gasteiger charge is -2.23. The van der Waals surface area contributed by atoms with Crippen molar-refractivity contribution in [3.8, 4) is 0 Å². The molecule has 2 aliphatic heterocycles. The van der Waals surface area contributed by atoms with Crippen LogP contribution in [0.1, 0.15) is 42.5 Å². The van der Waals surface area contributed by atoms with Crippen molar-refractivity contribution >= 4 is 34.1 Å². The molecule has 1 aromatic carbocycles. The molecular weight excluding hydrogens is 461 g/mol. The van der Waals surface area contributed by atoms with Crippen LogP contribution >= 0.6 is 11.3 Å². The van der Waals surface area contributed by atoms with Gasteiger partial charge < -0.3 is 10.1 Å². The van der Waals surface area contributed by atoms with Crippen LogP contribution < -0.4 is 5.32 Å². The quantitative estimate of drug-likeness (QED) is 0.420. The van der Waals surface area contributed by atoms with Gasteiger partial charge in [0.2, 0.25) is 0 Å². The Bertz CT molecular complexity index is 1330. The molecule has 0 unspecified atom stereocenters. The first-order valence-electron chi connectivity index (χ1n) is 11.8. The van der Waals surface area contributed by atoms with Gasteiger partial charge in [-0.15, -0.1) is 11.3 Å². The van der Waals surface area contributed by atoms with E-state index in [0.29, 0.717) is 22.6 Å². The zero-order chi connectivity index (χ0) is 24.6. The molecule has 0 saturated carbocycles. The first-order valence-corrected chi connectivity index (χ1v) is 12.7. The molecule has 3 aromatic rings. The average Bonchev–Trinajstić information content (AvgIpc) is 3.51. The van der Waals surface area contributed by atoms with Crippen molar-refractivity contribution in [3.63, 3.8) is 0 Å².